The minimum atomic E-state index is -3.64. The fourth-order valence-electron chi connectivity index (χ4n) is 3.84. The summed E-state index contributed by atoms with van der Waals surface area (Å²) in [5, 5.41) is 0. The highest BCUT2D eigenvalue weighted by Crippen LogP contribution is 2.43. The van der Waals surface area contributed by atoms with Crippen LogP contribution in [0.3, 0.4) is 0 Å². The van der Waals surface area contributed by atoms with E-state index in [1.54, 1.807) is 30.7 Å². The van der Waals surface area contributed by atoms with Gasteiger partial charge in [-0.3, -0.25) is 24.2 Å². The van der Waals surface area contributed by atoms with Gasteiger partial charge in [-0.25, -0.2) is 16.8 Å². The van der Waals surface area contributed by atoms with Gasteiger partial charge in [0.1, 0.15) is 0 Å². The Bertz CT molecular complexity index is 1300. The predicted molar refractivity (Wildman–Crippen MR) is 136 cm³/mol. The molecule has 1 amide bonds. The molecule has 1 heterocycles. The van der Waals surface area contributed by atoms with Crippen molar-refractivity contribution in [1.29, 1.82) is 0 Å². The molecule has 1 aliphatic carbocycles. The first kappa shape index (κ1) is 26.4. The number of primary amides is 1. The Kier molecular flexibility index (Phi) is 7.96. The summed E-state index contributed by atoms with van der Waals surface area (Å²) >= 11 is 0. The Morgan fingerprint density at radius 1 is 1.03 bits per heavy atom. The molecule has 0 fully saturated rings. The van der Waals surface area contributed by atoms with E-state index in [1.807, 2.05) is 18.2 Å². The molecule has 0 aliphatic heterocycles. The predicted octanol–water partition coefficient (Wildman–Crippen LogP) is 2.44. The van der Waals surface area contributed by atoms with Gasteiger partial charge in [-0.1, -0.05) is 23.8 Å². The molecule has 0 radical (unpaired) electrons. The zero-order chi connectivity index (χ0) is 25.7. The van der Waals surface area contributed by atoms with Gasteiger partial charge < -0.3 is 5.73 Å². The molecule has 12 heteroatoms. The van der Waals surface area contributed by atoms with E-state index in [2.05, 4.69) is 19.4 Å². The molecule has 1 aromatic heterocycles. The van der Waals surface area contributed by atoms with Crippen molar-refractivity contribution in [2.75, 3.05) is 20.9 Å². The fraction of sp³-hybridized carbons (Fsp3) is 0.348. The number of nitrogens with two attached hydrogens (primary N) is 1. The summed E-state index contributed by atoms with van der Waals surface area (Å²) in [4.78, 5) is 20.1. The van der Waals surface area contributed by atoms with Crippen LogP contribution in [0.5, 0.6) is 0 Å². The number of carbonyl (C=O) groups is 1. The number of hydrogen-bond donors (Lipinski definition) is 3. The third-order valence-corrected chi connectivity index (χ3v) is 8.30. The zero-order valence-corrected chi connectivity index (χ0v) is 21.2. The van der Waals surface area contributed by atoms with Gasteiger partial charge >= 0.3 is 0 Å². The standard InChI is InChI=1S/C23H29N5O5S2/c1-3-34(30,31)27-19-12-18(13-20(14-19)28-35(32,33)4-2)23(21-16-25-10-11-26-21)9-5-6-17(15-23)7-8-22(24)29/h5-6,9-14,16,27-28H,3-4,7-8,15H2,1-2H3,(H2,24,29). The van der Waals surface area contributed by atoms with E-state index in [4.69, 9.17) is 5.73 Å². The molecule has 1 unspecified atom stereocenters. The molecule has 10 nitrogen and oxygen atoms in total. The lowest BCUT2D eigenvalue weighted by Gasteiger charge is -2.34. The molecule has 0 saturated heterocycles. The van der Waals surface area contributed by atoms with Crippen molar-refractivity contribution in [3.05, 3.63) is 71.8 Å². The summed E-state index contributed by atoms with van der Waals surface area (Å²) in [6.45, 7) is 3.02. The van der Waals surface area contributed by atoms with Gasteiger partial charge in [0.2, 0.25) is 26.0 Å². The van der Waals surface area contributed by atoms with E-state index < -0.39 is 31.4 Å². The van der Waals surface area contributed by atoms with Crippen LogP contribution < -0.4 is 15.2 Å². The number of nitrogens with one attached hydrogen (secondary N) is 2. The van der Waals surface area contributed by atoms with Gasteiger partial charge in [-0.15, -0.1) is 0 Å². The molecule has 188 valence electrons. The molecule has 1 atom stereocenters. The molecule has 0 saturated carbocycles. The van der Waals surface area contributed by atoms with Crippen molar-refractivity contribution in [1.82, 2.24) is 9.97 Å². The van der Waals surface area contributed by atoms with Gasteiger partial charge in [-0.2, -0.15) is 0 Å². The number of aromatic nitrogens is 2. The Balaban J connectivity index is 2.19. The summed E-state index contributed by atoms with van der Waals surface area (Å²) in [5.41, 5.74) is 7.00. The summed E-state index contributed by atoms with van der Waals surface area (Å²) < 4.78 is 54.3. The first-order valence-electron chi connectivity index (χ1n) is 11.1. The van der Waals surface area contributed by atoms with E-state index in [9.17, 15) is 21.6 Å². The average Bonchev–Trinajstić information content (AvgIpc) is 2.82. The lowest BCUT2D eigenvalue weighted by Crippen LogP contribution is -2.30. The molecular weight excluding hydrogens is 490 g/mol. The topological polar surface area (TPSA) is 161 Å². The Morgan fingerprint density at radius 2 is 1.66 bits per heavy atom. The van der Waals surface area contributed by atoms with Crippen molar-refractivity contribution in [2.24, 2.45) is 5.73 Å². The largest absolute Gasteiger partial charge is 0.370 e. The second kappa shape index (κ2) is 10.6. The SMILES string of the molecule is CCS(=O)(=O)Nc1cc(NS(=O)(=O)CC)cc(C2(c3cnccn3)C=CC=C(CCC(N)=O)C2)c1. The first-order valence-corrected chi connectivity index (χ1v) is 14.4. The van der Waals surface area contributed by atoms with Crippen molar-refractivity contribution in [3.8, 4) is 0 Å². The van der Waals surface area contributed by atoms with E-state index in [0.717, 1.165) is 5.57 Å². The van der Waals surface area contributed by atoms with Crippen LogP contribution in [0.2, 0.25) is 0 Å². The number of sulfonamides is 2. The Morgan fingerprint density at radius 3 is 2.17 bits per heavy atom. The quantitative estimate of drug-likeness (QED) is 0.411. The highest BCUT2D eigenvalue weighted by atomic mass is 32.2. The number of anilines is 2. The van der Waals surface area contributed by atoms with E-state index in [-0.39, 0.29) is 29.3 Å². The van der Waals surface area contributed by atoms with Crippen LogP contribution in [-0.2, 0) is 30.3 Å². The van der Waals surface area contributed by atoms with E-state index >= 15 is 0 Å². The number of allylic oxidation sites excluding steroid dienone is 4. The molecule has 1 aromatic carbocycles. The van der Waals surface area contributed by atoms with Crippen LogP contribution in [0.1, 0.15) is 44.4 Å². The lowest BCUT2D eigenvalue weighted by atomic mass is 9.70. The normalized spacial score (nSPS) is 18.1. The van der Waals surface area contributed by atoms with Gasteiger partial charge in [0.05, 0.1) is 34.0 Å². The van der Waals surface area contributed by atoms with Crippen LogP contribution in [0, 0.1) is 0 Å². The molecule has 0 spiro atoms. The summed E-state index contributed by atoms with van der Waals surface area (Å²) in [6.07, 6.45) is 11.4. The maximum atomic E-state index is 12.3. The maximum absolute atomic E-state index is 12.3. The van der Waals surface area contributed by atoms with Crippen LogP contribution in [0.15, 0.2) is 60.6 Å². The second-order valence-corrected chi connectivity index (χ2v) is 12.2. The number of amides is 1. The van der Waals surface area contributed by atoms with Gasteiger partial charge in [0.25, 0.3) is 0 Å². The maximum Gasteiger partial charge on any atom is 0.232 e. The summed E-state index contributed by atoms with van der Waals surface area (Å²) in [5.74, 6) is -0.719. The van der Waals surface area contributed by atoms with Crippen LogP contribution in [0.4, 0.5) is 11.4 Å². The van der Waals surface area contributed by atoms with Crippen LogP contribution in [0.25, 0.3) is 0 Å². The molecule has 35 heavy (non-hydrogen) atoms. The van der Waals surface area contributed by atoms with E-state index in [1.165, 1.54) is 19.9 Å². The second-order valence-electron chi connectivity index (χ2n) is 8.20. The fourth-order valence-corrected chi connectivity index (χ4v) is 5.08. The van der Waals surface area contributed by atoms with E-state index in [0.29, 0.717) is 24.1 Å². The summed E-state index contributed by atoms with van der Waals surface area (Å²) in [6, 6.07) is 4.75. The minimum Gasteiger partial charge on any atom is -0.370 e. The molecule has 4 N–H and O–H groups in total. The monoisotopic (exact) mass is 519 g/mol. The average molecular weight is 520 g/mol. The summed E-state index contributed by atoms with van der Waals surface area (Å²) in [7, 11) is -7.27. The van der Waals surface area contributed by atoms with Crippen molar-refractivity contribution >= 4 is 37.3 Å². The number of nitrogens with zero attached hydrogens (tertiary/aromatic N) is 2. The van der Waals surface area contributed by atoms with Crippen molar-refractivity contribution in [2.45, 2.75) is 38.5 Å². The number of benzene rings is 1. The first-order chi connectivity index (χ1) is 16.5. The third-order valence-electron chi connectivity index (χ3n) is 5.69. The lowest BCUT2D eigenvalue weighted by molar-refractivity contribution is -0.118. The number of carbonyl (C=O) groups excluding carboxylic acids is 1. The highest BCUT2D eigenvalue weighted by Gasteiger charge is 2.36. The van der Waals surface area contributed by atoms with Crippen molar-refractivity contribution in [3.63, 3.8) is 0 Å². The van der Waals surface area contributed by atoms with Gasteiger partial charge in [0, 0.05) is 25.0 Å². The van der Waals surface area contributed by atoms with Gasteiger partial charge in [-0.05, 0) is 50.5 Å². The number of hydrogen-bond acceptors (Lipinski definition) is 7. The third kappa shape index (κ3) is 6.67. The molecular formula is C23H29N5O5S2. The minimum absolute atomic E-state index is 0.150. The highest BCUT2D eigenvalue weighted by molar-refractivity contribution is 7.93. The molecule has 0 bridgehead atoms. The van der Waals surface area contributed by atoms with Crippen LogP contribution >= 0.6 is 0 Å². The van der Waals surface area contributed by atoms with Crippen LogP contribution in [-0.4, -0.2) is 44.2 Å². The molecule has 1 aliphatic rings. The molecule has 2 aromatic rings. The van der Waals surface area contributed by atoms with Crippen molar-refractivity contribution < 1.29 is 21.6 Å². The van der Waals surface area contributed by atoms with Gasteiger partial charge in [0.15, 0.2) is 0 Å². The Hall–Kier alpha value is -3.25. The zero-order valence-electron chi connectivity index (χ0n) is 19.6. The Labute approximate surface area is 205 Å². The smallest absolute Gasteiger partial charge is 0.232 e. The molecule has 3 rings (SSSR count). The number of rotatable bonds is 11.